The molecule has 54 heavy (non-hydrogen) atoms. The van der Waals surface area contributed by atoms with Gasteiger partial charge in [-0.05, 0) is 68.6 Å². The number of anilines is 2. The molecule has 2 saturated heterocycles. The first kappa shape index (κ1) is 38.3. The number of aliphatic hydroxyl groups is 1. The molecule has 2 aromatic carbocycles. The average Bonchev–Trinajstić information content (AvgIpc) is 3.58. The Morgan fingerprint density at radius 2 is 1.80 bits per heavy atom. The van der Waals surface area contributed by atoms with Gasteiger partial charge in [0.05, 0.1) is 42.8 Å². The number of ether oxygens (including phenoxy) is 2. The Bertz CT molecular complexity index is 1980. The second-order valence-corrected chi connectivity index (χ2v) is 13.2. The predicted molar refractivity (Wildman–Crippen MR) is 193 cm³/mol. The van der Waals surface area contributed by atoms with Crippen molar-refractivity contribution >= 4 is 40.1 Å². The smallest absolute Gasteiger partial charge is 0.433 e. The number of unbranched alkanes of at least 4 members (excludes halogenated alkanes) is 2. The molecule has 4 aromatic rings. The number of imide groups is 1. The summed E-state index contributed by atoms with van der Waals surface area (Å²) < 4.78 is 52.3. The number of carbonyl (C=O) groups is 3. The number of alkyl halides is 3. The van der Waals surface area contributed by atoms with Crippen molar-refractivity contribution in [1.82, 2.24) is 30.3 Å². The second kappa shape index (κ2) is 16.7. The van der Waals surface area contributed by atoms with E-state index in [9.17, 15) is 32.7 Å². The Morgan fingerprint density at radius 1 is 1.02 bits per heavy atom. The van der Waals surface area contributed by atoms with Gasteiger partial charge < -0.3 is 30.1 Å². The van der Waals surface area contributed by atoms with Crippen LogP contribution in [0.3, 0.4) is 0 Å². The molecule has 0 aliphatic carbocycles. The molecular formula is C37H43F3N8O6. The van der Waals surface area contributed by atoms with Crippen molar-refractivity contribution in [3.63, 3.8) is 0 Å². The molecule has 4 N–H and O–H groups in total. The number of hydrogen-bond acceptors (Lipinski definition) is 10. The van der Waals surface area contributed by atoms with Gasteiger partial charge in [-0.25, -0.2) is 9.78 Å². The lowest BCUT2D eigenvalue weighted by Crippen LogP contribution is -2.49. The van der Waals surface area contributed by atoms with E-state index in [1.807, 2.05) is 10.9 Å². The van der Waals surface area contributed by atoms with Crippen molar-refractivity contribution in [3.8, 4) is 11.5 Å². The van der Waals surface area contributed by atoms with Crippen molar-refractivity contribution in [3.05, 3.63) is 71.7 Å². The number of halogens is 3. The van der Waals surface area contributed by atoms with Crippen LogP contribution in [-0.2, 0) is 11.0 Å². The number of nitrogens with zero attached hydrogens (tertiary/aromatic N) is 5. The molecule has 2 aliphatic heterocycles. The van der Waals surface area contributed by atoms with E-state index in [-0.39, 0.29) is 36.5 Å². The topological polar surface area (TPSA) is 163 Å². The number of pyridine rings is 1. The number of amides is 4. The number of aliphatic hydroxyl groups excluding tert-OH is 1. The summed E-state index contributed by atoms with van der Waals surface area (Å²) in [7, 11) is 2.95. The van der Waals surface area contributed by atoms with Crippen LogP contribution in [0.2, 0.25) is 0 Å². The molecule has 0 bridgehead atoms. The first-order valence-electron chi connectivity index (χ1n) is 17.8. The maximum Gasteiger partial charge on any atom is 0.433 e. The van der Waals surface area contributed by atoms with E-state index in [0.717, 1.165) is 63.2 Å². The molecule has 2 fully saturated rings. The lowest BCUT2D eigenvalue weighted by Gasteiger charge is -2.32. The van der Waals surface area contributed by atoms with E-state index >= 15 is 0 Å². The van der Waals surface area contributed by atoms with E-state index < -0.39 is 24.1 Å². The summed E-state index contributed by atoms with van der Waals surface area (Å²) in [6.45, 7) is 3.47. The SMILES string of the molecule is COc1cc2nn(C3CCN(CCCCCNC(=O)c4ccc(OC)c(N5CCC(=O)NC5=O)c4)CC3)cc2cc1NC(O)c1cccc(C(F)(F)F)n1. The van der Waals surface area contributed by atoms with Gasteiger partial charge in [0.25, 0.3) is 5.91 Å². The average molecular weight is 753 g/mol. The van der Waals surface area contributed by atoms with Gasteiger partial charge in [0, 0.05) is 55.8 Å². The minimum absolute atomic E-state index is 0.160. The van der Waals surface area contributed by atoms with E-state index in [2.05, 4.69) is 25.8 Å². The minimum atomic E-state index is -4.63. The standard InChI is InChI=1S/C37H43F3N8O6/c1-53-30-10-9-23(20-29(30)47-18-13-33(49)44-36(47)52)34(50)41-14-4-3-5-15-46-16-11-25(12-17-46)48-22-24-19-28(31(54-2)21-27(24)45-48)43-35(51)26-7-6-8-32(42-26)37(38,39)40/h6-10,19-22,25,35,43,51H,3-5,11-18H2,1-2H3,(H,41,50)(H,44,49,52). The Kier molecular flexibility index (Phi) is 11.9. The molecular weight excluding hydrogens is 709 g/mol. The molecule has 14 nitrogen and oxygen atoms in total. The van der Waals surface area contributed by atoms with Crippen molar-refractivity contribution in [2.75, 3.05) is 57.2 Å². The summed E-state index contributed by atoms with van der Waals surface area (Å²) in [4.78, 5) is 44.2. The number of aromatic nitrogens is 3. The van der Waals surface area contributed by atoms with Crippen LogP contribution in [-0.4, -0.2) is 89.6 Å². The molecule has 0 saturated carbocycles. The summed E-state index contributed by atoms with van der Waals surface area (Å²) in [5, 5.41) is 24.3. The Labute approximate surface area is 309 Å². The third kappa shape index (κ3) is 9.02. The molecule has 17 heteroatoms. The highest BCUT2D eigenvalue weighted by Gasteiger charge is 2.33. The lowest BCUT2D eigenvalue weighted by molar-refractivity contribution is -0.141. The molecule has 1 unspecified atom stereocenters. The number of likely N-dealkylation sites (tertiary alicyclic amines) is 1. The highest BCUT2D eigenvalue weighted by atomic mass is 19.4. The van der Waals surface area contributed by atoms with Gasteiger partial charge in [-0.15, -0.1) is 0 Å². The quantitative estimate of drug-likeness (QED) is 0.0989. The molecule has 0 radical (unpaired) electrons. The fourth-order valence-corrected chi connectivity index (χ4v) is 6.71. The summed E-state index contributed by atoms with van der Waals surface area (Å²) in [5.41, 5.74) is 0.641. The fraction of sp³-hybridized carbons (Fsp3) is 0.432. The number of urea groups is 1. The Balaban J connectivity index is 0.944. The van der Waals surface area contributed by atoms with Crippen LogP contribution in [0.15, 0.2) is 54.7 Å². The number of fused-ring (bicyclic) bond motifs is 1. The monoisotopic (exact) mass is 752 g/mol. The third-order valence-corrected chi connectivity index (χ3v) is 9.63. The number of nitrogens with one attached hydrogen (secondary N) is 3. The van der Waals surface area contributed by atoms with Crippen LogP contribution in [0.1, 0.15) is 72.5 Å². The van der Waals surface area contributed by atoms with Crippen molar-refractivity contribution in [1.29, 1.82) is 0 Å². The highest BCUT2D eigenvalue weighted by molar-refractivity contribution is 6.07. The predicted octanol–water partition coefficient (Wildman–Crippen LogP) is 5.25. The zero-order valence-electron chi connectivity index (χ0n) is 30.0. The van der Waals surface area contributed by atoms with Crippen molar-refractivity contribution in [2.24, 2.45) is 0 Å². The van der Waals surface area contributed by atoms with Crippen LogP contribution >= 0.6 is 0 Å². The number of hydrogen-bond donors (Lipinski definition) is 4. The van der Waals surface area contributed by atoms with E-state index in [1.165, 1.54) is 31.3 Å². The highest BCUT2D eigenvalue weighted by Crippen LogP contribution is 2.35. The van der Waals surface area contributed by atoms with Crippen LogP contribution in [0.4, 0.5) is 29.3 Å². The van der Waals surface area contributed by atoms with Crippen LogP contribution in [0, 0.1) is 0 Å². The number of methoxy groups -OCH3 is 2. The van der Waals surface area contributed by atoms with Crippen molar-refractivity contribution in [2.45, 2.75) is 57.0 Å². The maximum atomic E-state index is 13.1. The third-order valence-electron chi connectivity index (χ3n) is 9.63. The van der Waals surface area contributed by atoms with Gasteiger partial charge in [-0.1, -0.05) is 12.5 Å². The zero-order chi connectivity index (χ0) is 38.4. The summed E-state index contributed by atoms with van der Waals surface area (Å²) in [6, 6.07) is 11.4. The van der Waals surface area contributed by atoms with Crippen LogP contribution in [0.25, 0.3) is 10.9 Å². The second-order valence-electron chi connectivity index (χ2n) is 13.2. The number of carbonyl (C=O) groups excluding carboxylic acids is 3. The largest absolute Gasteiger partial charge is 0.495 e. The van der Waals surface area contributed by atoms with Gasteiger partial charge in [0.2, 0.25) is 5.91 Å². The molecule has 4 amide bonds. The molecule has 1 atom stereocenters. The Morgan fingerprint density at radius 3 is 2.52 bits per heavy atom. The van der Waals surface area contributed by atoms with Crippen LogP contribution < -0.4 is 30.3 Å². The van der Waals surface area contributed by atoms with E-state index in [0.29, 0.717) is 40.5 Å². The van der Waals surface area contributed by atoms with Gasteiger partial charge in [-0.2, -0.15) is 18.3 Å². The van der Waals surface area contributed by atoms with Gasteiger partial charge in [-0.3, -0.25) is 24.5 Å². The van der Waals surface area contributed by atoms with Gasteiger partial charge in [0.1, 0.15) is 17.2 Å². The van der Waals surface area contributed by atoms with Gasteiger partial charge >= 0.3 is 12.2 Å². The normalized spacial score (nSPS) is 16.3. The molecule has 2 aromatic heterocycles. The first-order chi connectivity index (χ1) is 25.9. The molecule has 2 aliphatic rings. The van der Waals surface area contributed by atoms with Crippen molar-refractivity contribution < 1.29 is 42.1 Å². The van der Waals surface area contributed by atoms with E-state index in [4.69, 9.17) is 14.6 Å². The Hall–Kier alpha value is -5.42. The number of benzene rings is 2. The lowest BCUT2D eigenvalue weighted by atomic mass is 10.0. The molecule has 6 rings (SSSR count). The molecule has 0 spiro atoms. The number of rotatable bonds is 14. The van der Waals surface area contributed by atoms with Gasteiger partial charge in [0.15, 0.2) is 6.23 Å². The first-order valence-corrected chi connectivity index (χ1v) is 17.8. The fourth-order valence-electron chi connectivity index (χ4n) is 6.71. The summed E-state index contributed by atoms with van der Waals surface area (Å²) in [6.07, 6.45) is 0.516. The summed E-state index contributed by atoms with van der Waals surface area (Å²) >= 11 is 0. The van der Waals surface area contributed by atoms with E-state index in [1.54, 1.807) is 30.3 Å². The molecule has 4 heterocycles. The summed E-state index contributed by atoms with van der Waals surface area (Å²) in [5.74, 6) is 0.214. The number of piperidine rings is 1. The van der Waals surface area contributed by atoms with Crippen LogP contribution in [0.5, 0.6) is 11.5 Å². The maximum absolute atomic E-state index is 13.1. The molecule has 288 valence electrons. The minimum Gasteiger partial charge on any atom is -0.495 e. The zero-order valence-corrected chi connectivity index (χ0v) is 30.0.